The number of benzene rings is 3. The van der Waals surface area contributed by atoms with Gasteiger partial charge in [0.25, 0.3) is 0 Å². The molecule has 4 heteroatoms. The normalized spacial score (nSPS) is 17.8. The summed E-state index contributed by atoms with van der Waals surface area (Å²) in [4.78, 5) is 11.3. The van der Waals surface area contributed by atoms with Crippen molar-refractivity contribution in [2.75, 3.05) is 6.61 Å². The molecular formula is C33H36O4. The van der Waals surface area contributed by atoms with Gasteiger partial charge in [-0.05, 0) is 113 Å². The number of hydrogen-bond acceptors (Lipinski definition) is 3. The average molecular weight is 497 g/mol. The zero-order valence-corrected chi connectivity index (χ0v) is 22.0. The van der Waals surface area contributed by atoms with Crippen LogP contribution in [0, 0.1) is 5.41 Å². The van der Waals surface area contributed by atoms with Crippen molar-refractivity contribution in [3.8, 4) is 22.6 Å². The van der Waals surface area contributed by atoms with Crippen LogP contribution in [0.3, 0.4) is 0 Å². The third-order valence-corrected chi connectivity index (χ3v) is 7.82. The molecule has 0 bridgehead atoms. The highest BCUT2D eigenvalue weighted by atomic mass is 16.5. The van der Waals surface area contributed by atoms with Crippen LogP contribution in [-0.4, -0.2) is 17.7 Å². The summed E-state index contributed by atoms with van der Waals surface area (Å²) in [7, 11) is 0. The maximum Gasteiger partial charge on any atom is 0.303 e. The first-order valence-electron chi connectivity index (χ1n) is 13.4. The number of allylic oxidation sites excluding steroid dienone is 2. The number of fused-ring (bicyclic) bond motifs is 1. The number of carbonyl (C=O) groups is 1. The van der Waals surface area contributed by atoms with Crippen molar-refractivity contribution in [3.63, 3.8) is 0 Å². The lowest BCUT2D eigenvalue weighted by Gasteiger charge is -2.25. The average Bonchev–Trinajstić information content (AvgIpc) is 3.44. The molecule has 1 N–H and O–H groups in total. The van der Waals surface area contributed by atoms with Crippen LogP contribution < -0.4 is 9.47 Å². The fraction of sp³-hybridized carbons (Fsp3) is 0.364. The first-order chi connectivity index (χ1) is 17.8. The van der Waals surface area contributed by atoms with Gasteiger partial charge in [0.1, 0.15) is 18.1 Å². The van der Waals surface area contributed by atoms with Gasteiger partial charge in [-0.1, -0.05) is 50.3 Å². The highest BCUT2D eigenvalue weighted by molar-refractivity contribution is 5.85. The van der Waals surface area contributed by atoms with Crippen LogP contribution in [0.15, 0.2) is 66.7 Å². The molecule has 4 nitrogen and oxygen atoms in total. The summed E-state index contributed by atoms with van der Waals surface area (Å²) >= 11 is 0. The van der Waals surface area contributed by atoms with Crippen LogP contribution in [0.4, 0.5) is 0 Å². The van der Waals surface area contributed by atoms with Crippen LogP contribution >= 0.6 is 0 Å². The molecular weight excluding hydrogens is 460 g/mol. The van der Waals surface area contributed by atoms with Crippen molar-refractivity contribution in [2.24, 2.45) is 5.41 Å². The quantitative estimate of drug-likeness (QED) is 0.326. The van der Waals surface area contributed by atoms with Crippen molar-refractivity contribution in [3.05, 3.63) is 89.0 Å². The van der Waals surface area contributed by atoms with E-state index in [1.807, 2.05) is 25.1 Å². The smallest absolute Gasteiger partial charge is 0.303 e. The third-order valence-electron chi connectivity index (χ3n) is 7.82. The molecule has 3 aromatic carbocycles. The first kappa shape index (κ1) is 25.1. The first-order valence-corrected chi connectivity index (χ1v) is 13.4. The molecule has 0 saturated carbocycles. The maximum absolute atomic E-state index is 11.3. The molecule has 0 saturated heterocycles. The van der Waals surface area contributed by atoms with E-state index >= 15 is 0 Å². The van der Waals surface area contributed by atoms with Crippen molar-refractivity contribution >= 4 is 11.5 Å². The third kappa shape index (κ3) is 5.44. The zero-order valence-electron chi connectivity index (χ0n) is 22.0. The molecule has 192 valence electrons. The maximum atomic E-state index is 11.3. The molecule has 0 fully saturated rings. The summed E-state index contributed by atoms with van der Waals surface area (Å²) in [6, 6.07) is 21.1. The van der Waals surface area contributed by atoms with E-state index in [-0.39, 0.29) is 17.8 Å². The number of carboxylic acid groups (broad SMARTS) is 1. The van der Waals surface area contributed by atoms with Crippen LogP contribution in [0.1, 0.15) is 74.6 Å². The lowest BCUT2D eigenvalue weighted by atomic mass is 9.79. The summed E-state index contributed by atoms with van der Waals surface area (Å²) in [5.41, 5.74) is 8.61. The van der Waals surface area contributed by atoms with E-state index in [1.54, 1.807) is 0 Å². The number of carboxylic acids is 1. The number of hydrogen-bond donors (Lipinski definition) is 1. The fourth-order valence-corrected chi connectivity index (χ4v) is 5.88. The van der Waals surface area contributed by atoms with E-state index in [4.69, 9.17) is 9.47 Å². The zero-order chi connectivity index (χ0) is 26.0. The second-order valence-corrected chi connectivity index (χ2v) is 10.9. The Hall–Kier alpha value is -3.53. The number of aliphatic carboxylic acids is 1. The van der Waals surface area contributed by atoms with Gasteiger partial charge in [-0.3, -0.25) is 4.79 Å². The Morgan fingerprint density at radius 3 is 2.59 bits per heavy atom. The molecule has 0 unspecified atom stereocenters. The van der Waals surface area contributed by atoms with Crippen LogP contribution in [0.2, 0.25) is 0 Å². The summed E-state index contributed by atoms with van der Waals surface area (Å²) in [5, 5.41) is 9.28. The molecule has 0 spiro atoms. The second kappa shape index (κ2) is 10.5. The molecule has 0 amide bonds. The van der Waals surface area contributed by atoms with Crippen molar-refractivity contribution in [1.82, 2.24) is 0 Å². The Morgan fingerprint density at radius 2 is 1.84 bits per heavy atom. The monoisotopic (exact) mass is 496 g/mol. The SMILES string of the molecule is CCOc1cccc(-c2ccc(COc3ccc4c(c3)[C@@H](CC(=O)O)CC4)cc2C2=CCCC2(C)C)c1. The largest absolute Gasteiger partial charge is 0.494 e. The molecule has 2 aliphatic rings. The summed E-state index contributed by atoms with van der Waals surface area (Å²) in [6.45, 7) is 7.76. The number of ether oxygens (including phenoxy) is 2. The molecule has 3 aromatic rings. The summed E-state index contributed by atoms with van der Waals surface area (Å²) in [5.74, 6) is 1.01. The standard InChI is InChI=1S/C33H36O4/c1-4-36-26-8-5-7-24(18-26)28-15-10-22(17-30(28)31-9-6-16-33(31,2)3)21-37-27-14-13-23-11-12-25(19-32(34)35)29(23)20-27/h5,7-10,13-15,17-18,20,25H,4,6,11-12,16,19,21H2,1-3H3,(H,34,35)/t25-/m1/s1. The Balaban J connectivity index is 1.43. The van der Waals surface area contributed by atoms with E-state index in [2.05, 4.69) is 62.4 Å². The van der Waals surface area contributed by atoms with E-state index in [0.29, 0.717) is 13.2 Å². The topological polar surface area (TPSA) is 55.8 Å². The highest BCUT2D eigenvalue weighted by Crippen LogP contribution is 2.47. The lowest BCUT2D eigenvalue weighted by Crippen LogP contribution is -2.10. The Morgan fingerprint density at radius 1 is 1.00 bits per heavy atom. The van der Waals surface area contributed by atoms with Gasteiger partial charge in [-0.15, -0.1) is 0 Å². The number of aryl methyl sites for hydroxylation is 1. The van der Waals surface area contributed by atoms with Crippen LogP contribution in [0.25, 0.3) is 16.7 Å². The van der Waals surface area contributed by atoms with Crippen molar-refractivity contribution in [1.29, 1.82) is 0 Å². The highest BCUT2D eigenvalue weighted by Gasteiger charge is 2.30. The van der Waals surface area contributed by atoms with Gasteiger partial charge in [-0.25, -0.2) is 0 Å². The van der Waals surface area contributed by atoms with Gasteiger partial charge < -0.3 is 14.6 Å². The molecule has 0 aliphatic heterocycles. The molecule has 0 radical (unpaired) electrons. The van der Waals surface area contributed by atoms with E-state index in [1.165, 1.54) is 22.3 Å². The minimum absolute atomic E-state index is 0.0749. The van der Waals surface area contributed by atoms with Gasteiger partial charge in [0.2, 0.25) is 0 Å². The molecule has 0 aromatic heterocycles. The molecule has 0 heterocycles. The van der Waals surface area contributed by atoms with Gasteiger partial charge in [0.05, 0.1) is 13.0 Å². The van der Waals surface area contributed by atoms with Gasteiger partial charge >= 0.3 is 5.97 Å². The van der Waals surface area contributed by atoms with Crippen molar-refractivity contribution < 1.29 is 19.4 Å². The number of rotatable bonds is 9. The second-order valence-electron chi connectivity index (χ2n) is 10.9. The molecule has 2 aliphatic carbocycles. The molecule has 1 atom stereocenters. The fourth-order valence-electron chi connectivity index (χ4n) is 5.88. The summed E-state index contributed by atoms with van der Waals surface area (Å²) in [6.07, 6.45) is 6.64. The lowest BCUT2D eigenvalue weighted by molar-refractivity contribution is -0.137. The predicted octanol–water partition coefficient (Wildman–Crippen LogP) is 8.04. The predicted molar refractivity (Wildman–Crippen MR) is 148 cm³/mol. The van der Waals surface area contributed by atoms with Gasteiger partial charge in [0, 0.05) is 0 Å². The molecule has 5 rings (SSSR count). The minimum atomic E-state index is -0.743. The van der Waals surface area contributed by atoms with E-state index in [0.717, 1.165) is 53.9 Å². The molecule has 37 heavy (non-hydrogen) atoms. The summed E-state index contributed by atoms with van der Waals surface area (Å²) < 4.78 is 12.0. The minimum Gasteiger partial charge on any atom is -0.494 e. The van der Waals surface area contributed by atoms with E-state index in [9.17, 15) is 9.90 Å². The van der Waals surface area contributed by atoms with Gasteiger partial charge in [-0.2, -0.15) is 0 Å². The van der Waals surface area contributed by atoms with Crippen LogP contribution in [0.5, 0.6) is 11.5 Å². The Bertz CT molecular complexity index is 1330. The van der Waals surface area contributed by atoms with E-state index < -0.39 is 5.97 Å². The van der Waals surface area contributed by atoms with Crippen molar-refractivity contribution in [2.45, 2.75) is 65.4 Å². The Kier molecular flexibility index (Phi) is 7.10. The van der Waals surface area contributed by atoms with Crippen LogP contribution in [-0.2, 0) is 17.8 Å². The van der Waals surface area contributed by atoms with Gasteiger partial charge in [0.15, 0.2) is 0 Å². The Labute approximate surface area is 220 Å².